The Morgan fingerprint density at radius 1 is 1.04 bits per heavy atom. The molecule has 0 radical (unpaired) electrons. The van der Waals surface area contributed by atoms with Crippen LogP contribution in [0.25, 0.3) is 10.9 Å². The molecule has 2 aromatic carbocycles. The van der Waals surface area contributed by atoms with E-state index in [1.807, 2.05) is 12.1 Å². The molecular weight excluding hydrogens is 335 g/mol. The van der Waals surface area contributed by atoms with E-state index in [0.717, 1.165) is 19.5 Å². The topological polar surface area (TPSA) is 8.17 Å². The maximum Gasteiger partial charge on any atom is 0.123 e. The first-order chi connectivity index (χ1) is 13.1. The first kappa shape index (κ1) is 17.0. The molecule has 0 N–H and O–H groups in total. The van der Waals surface area contributed by atoms with E-state index in [1.165, 1.54) is 52.5 Å². The number of likely N-dealkylation sites (N-methyl/N-ethyl adjacent to an activating group) is 1. The van der Waals surface area contributed by atoms with E-state index in [-0.39, 0.29) is 5.82 Å². The van der Waals surface area contributed by atoms with Crippen LogP contribution >= 0.6 is 0 Å². The van der Waals surface area contributed by atoms with Gasteiger partial charge in [-0.15, -0.1) is 0 Å². The lowest BCUT2D eigenvalue weighted by Crippen LogP contribution is -2.28. The highest BCUT2D eigenvalue weighted by molar-refractivity contribution is 5.86. The van der Waals surface area contributed by atoms with Crippen LogP contribution in [0.2, 0.25) is 0 Å². The monoisotopic (exact) mass is 362 g/mol. The summed E-state index contributed by atoms with van der Waals surface area (Å²) in [5.41, 5.74) is 7.06. The molecule has 0 unspecified atom stereocenters. The third-order valence-corrected chi connectivity index (χ3v) is 6.64. The quantitative estimate of drug-likeness (QED) is 0.577. The van der Waals surface area contributed by atoms with Crippen LogP contribution in [-0.4, -0.2) is 23.1 Å². The van der Waals surface area contributed by atoms with Gasteiger partial charge in [-0.1, -0.05) is 30.2 Å². The Hall–Kier alpha value is -2.13. The van der Waals surface area contributed by atoms with E-state index in [4.69, 9.17) is 0 Å². The van der Waals surface area contributed by atoms with Gasteiger partial charge in [0.25, 0.3) is 0 Å². The van der Waals surface area contributed by atoms with Crippen LogP contribution < -0.4 is 0 Å². The minimum Gasteiger partial charge on any atom is -0.341 e. The summed E-state index contributed by atoms with van der Waals surface area (Å²) in [5.74, 6) is 0.335. The molecule has 0 amide bonds. The highest BCUT2D eigenvalue weighted by Crippen LogP contribution is 2.46. The van der Waals surface area contributed by atoms with Crippen molar-refractivity contribution >= 4 is 10.9 Å². The van der Waals surface area contributed by atoms with E-state index in [1.54, 1.807) is 12.1 Å². The highest BCUT2D eigenvalue weighted by atomic mass is 19.1. The molecule has 2 heterocycles. The van der Waals surface area contributed by atoms with E-state index in [2.05, 4.69) is 41.6 Å². The molecule has 1 saturated carbocycles. The van der Waals surface area contributed by atoms with Crippen molar-refractivity contribution in [3.05, 3.63) is 70.7 Å². The first-order valence-corrected chi connectivity index (χ1v) is 10.2. The standard InChI is InChI=1S/C24H27FN2/c1-16-6-11-23-20(14-16)21-15-26(2)13-12-24(21)27(23)22-5-3-4-19(22)17-7-9-18(25)10-8-17/h6-11,14,19,22H,3-5,12-13,15H2,1-2H3/t19-,22-/m0/s1. The molecule has 140 valence electrons. The molecule has 2 aliphatic rings. The summed E-state index contributed by atoms with van der Waals surface area (Å²) in [6.45, 7) is 4.35. The fourth-order valence-electron chi connectivity index (χ4n) is 5.37. The summed E-state index contributed by atoms with van der Waals surface area (Å²) in [5, 5.41) is 1.43. The predicted octanol–water partition coefficient (Wildman–Crippen LogP) is 5.59. The number of benzene rings is 2. The predicted molar refractivity (Wildman–Crippen MR) is 109 cm³/mol. The zero-order valence-corrected chi connectivity index (χ0v) is 16.2. The van der Waals surface area contributed by atoms with Gasteiger partial charge in [-0.2, -0.15) is 0 Å². The van der Waals surface area contributed by atoms with Gasteiger partial charge >= 0.3 is 0 Å². The second kappa shape index (κ2) is 6.49. The van der Waals surface area contributed by atoms with Gasteiger partial charge in [0.2, 0.25) is 0 Å². The maximum atomic E-state index is 13.4. The van der Waals surface area contributed by atoms with Crippen molar-refractivity contribution in [2.24, 2.45) is 0 Å². The highest BCUT2D eigenvalue weighted by Gasteiger charge is 2.34. The molecule has 1 fully saturated rings. The second-order valence-electron chi connectivity index (χ2n) is 8.46. The van der Waals surface area contributed by atoms with Crippen LogP contribution in [0.4, 0.5) is 4.39 Å². The van der Waals surface area contributed by atoms with Crippen molar-refractivity contribution in [1.29, 1.82) is 0 Å². The number of halogens is 1. The Labute approximate surface area is 160 Å². The number of aryl methyl sites for hydroxylation is 1. The number of rotatable bonds is 2. The van der Waals surface area contributed by atoms with Crippen molar-refractivity contribution in [3.63, 3.8) is 0 Å². The second-order valence-corrected chi connectivity index (χ2v) is 8.46. The van der Waals surface area contributed by atoms with Gasteiger partial charge in [0.15, 0.2) is 0 Å². The summed E-state index contributed by atoms with van der Waals surface area (Å²) < 4.78 is 16.1. The molecule has 1 aliphatic heterocycles. The summed E-state index contributed by atoms with van der Waals surface area (Å²) in [6.07, 6.45) is 4.76. The fraction of sp³-hybridized carbons (Fsp3) is 0.417. The lowest BCUT2D eigenvalue weighted by molar-refractivity contribution is 0.305. The lowest BCUT2D eigenvalue weighted by Gasteiger charge is -2.29. The Balaban J connectivity index is 1.67. The van der Waals surface area contributed by atoms with Crippen molar-refractivity contribution in [2.75, 3.05) is 13.6 Å². The number of nitrogens with zero attached hydrogens (tertiary/aromatic N) is 2. The van der Waals surface area contributed by atoms with E-state index in [9.17, 15) is 4.39 Å². The average Bonchev–Trinajstić information content (AvgIpc) is 3.24. The Morgan fingerprint density at radius 2 is 1.85 bits per heavy atom. The van der Waals surface area contributed by atoms with Crippen LogP contribution in [0.15, 0.2) is 42.5 Å². The van der Waals surface area contributed by atoms with Crippen molar-refractivity contribution in [2.45, 2.75) is 51.1 Å². The normalized spacial score (nSPS) is 23.1. The molecule has 2 nitrogen and oxygen atoms in total. The summed E-state index contributed by atoms with van der Waals surface area (Å²) in [6, 6.07) is 14.6. The lowest BCUT2D eigenvalue weighted by atomic mass is 9.93. The largest absolute Gasteiger partial charge is 0.341 e. The van der Waals surface area contributed by atoms with Crippen molar-refractivity contribution in [3.8, 4) is 0 Å². The molecule has 0 spiro atoms. The molecule has 3 aromatic rings. The van der Waals surface area contributed by atoms with Crippen LogP contribution in [0, 0.1) is 12.7 Å². The van der Waals surface area contributed by atoms with Gasteiger partial charge in [-0.3, -0.25) is 0 Å². The van der Waals surface area contributed by atoms with Crippen LogP contribution in [0.1, 0.15) is 53.6 Å². The minimum atomic E-state index is -0.143. The molecule has 1 aromatic heterocycles. The molecular formula is C24H27FN2. The van der Waals surface area contributed by atoms with Gasteiger partial charge in [-0.05, 0) is 62.2 Å². The summed E-state index contributed by atoms with van der Waals surface area (Å²) in [7, 11) is 2.22. The summed E-state index contributed by atoms with van der Waals surface area (Å²) >= 11 is 0. The molecule has 0 bridgehead atoms. The number of fused-ring (bicyclic) bond motifs is 3. The zero-order valence-electron chi connectivity index (χ0n) is 16.2. The minimum absolute atomic E-state index is 0.143. The maximum absolute atomic E-state index is 13.4. The van der Waals surface area contributed by atoms with E-state index in [0.29, 0.717) is 12.0 Å². The Morgan fingerprint density at radius 3 is 2.67 bits per heavy atom. The van der Waals surface area contributed by atoms with E-state index >= 15 is 0 Å². The SMILES string of the molecule is Cc1ccc2c(c1)c1c(n2[C@H]2CCC[C@H]2c2ccc(F)cc2)CCN(C)C1. The van der Waals surface area contributed by atoms with E-state index < -0.39 is 0 Å². The molecule has 1 aliphatic carbocycles. The fourth-order valence-corrected chi connectivity index (χ4v) is 5.37. The van der Waals surface area contributed by atoms with Gasteiger partial charge in [0, 0.05) is 48.1 Å². The van der Waals surface area contributed by atoms with Crippen molar-refractivity contribution in [1.82, 2.24) is 9.47 Å². The average molecular weight is 362 g/mol. The molecule has 0 saturated heterocycles. The van der Waals surface area contributed by atoms with Gasteiger partial charge in [0.05, 0.1) is 0 Å². The van der Waals surface area contributed by atoms with Crippen LogP contribution in [0.5, 0.6) is 0 Å². The third kappa shape index (κ3) is 2.80. The number of hydrogen-bond acceptors (Lipinski definition) is 1. The number of aromatic nitrogens is 1. The molecule has 27 heavy (non-hydrogen) atoms. The third-order valence-electron chi connectivity index (χ3n) is 6.64. The first-order valence-electron chi connectivity index (χ1n) is 10.2. The van der Waals surface area contributed by atoms with Gasteiger partial charge < -0.3 is 9.47 Å². The molecule has 2 atom stereocenters. The van der Waals surface area contributed by atoms with Gasteiger partial charge in [-0.25, -0.2) is 4.39 Å². The summed E-state index contributed by atoms with van der Waals surface area (Å²) in [4.78, 5) is 2.43. The smallest absolute Gasteiger partial charge is 0.123 e. The molecule has 5 rings (SSSR count). The van der Waals surface area contributed by atoms with Crippen LogP contribution in [0.3, 0.4) is 0 Å². The van der Waals surface area contributed by atoms with Gasteiger partial charge in [0.1, 0.15) is 5.82 Å². The molecule has 3 heteroatoms. The van der Waals surface area contributed by atoms with Crippen LogP contribution in [-0.2, 0) is 13.0 Å². The Kier molecular flexibility index (Phi) is 4.08. The Bertz CT molecular complexity index is 986. The zero-order chi connectivity index (χ0) is 18.5. The van der Waals surface area contributed by atoms with Crippen molar-refractivity contribution < 1.29 is 4.39 Å². The number of hydrogen-bond donors (Lipinski definition) is 0.